The largest absolute Gasteiger partial charge is 0.481 e. The van der Waals surface area contributed by atoms with Crippen molar-refractivity contribution in [2.24, 2.45) is 0 Å². The number of hydrogen-bond donors (Lipinski definition) is 1. The number of carboxylic acid groups (broad SMARTS) is 1. The normalized spacial score (nSPS) is 12.8. The molecule has 0 bridgehead atoms. The minimum atomic E-state index is -0.739. The highest BCUT2D eigenvalue weighted by molar-refractivity contribution is 5.69. The van der Waals surface area contributed by atoms with Gasteiger partial charge in [0.2, 0.25) is 0 Å². The molecule has 0 saturated heterocycles. The minimum absolute atomic E-state index is 0.00762. The molecule has 184 valence electrons. The molecule has 0 aliphatic carbocycles. The molecule has 4 heteroatoms. The third-order valence-corrected chi connectivity index (χ3v) is 5.36. The maximum atomic E-state index is 12.1. The van der Waals surface area contributed by atoms with Gasteiger partial charge in [-0.1, -0.05) is 82.4 Å². The van der Waals surface area contributed by atoms with Gasteiger partial charge in [0.15, 0.2) is 0 Å². The standard InChI is InChI=1S/C28H48O4/c1-3-5-6-7-8-9-10-11-12-13-14-15-16-17-21-25-28(31)32-26(22-4-2)23-19-18-20-24-27(29)30/h5-6,8-9,11-12,26H,3-4,7,10,13-25H2,1-2H3,(H,29,30)/b6-5-,9-8-,12-11-. The fraction of sp³-hybridized carbons (Fsp3) is 0.714. The Morgan fingerprint density at radius 3 is 2.00 bits per heavy atom. The number of carbonyl (C=O) groups is 2. The quantitative estimate of drug-likeness (QED) is 0.103. The van der Waals surface area contributed by atoms with E-state index in [0.717, 1.165) is 70.6 Å². The van der Waals surface area contributed by atoms with E-state index >= 15 is 0 Å². The van der Waals surface area contributed by atoms with Crippen LogP contribution in [-0.4, -0.2) is 23.1 Å². The van der Waals surface area contributed by atoms with Crippen LogP contribution in [-0.2, 0) is 14.3 Å². The number of unbranched alkanes of at least 4 members (excludes halogenated alkanes) is 7. The molecule has 0 aromatic rings. The van der Waals surface area contributed by atoms with Gasteiger partial charge in [-0.15, -0.1) is 0 Å². The van der Waals surface area contributed by atoms with Crippen LogP contribution in [0.3, 0.4) is 0 Å². The maximum absolute atomic E-state index is 12.1. The average Bonchev–Trinajstić information content (AvgIpc) is 2.76. The SMILES string of the molecule is CC/C=C\C/C=C\C/C=C\CCCCCCCC(=O)OC(CCC)CCCCCC(=O)O. The number of carboxylic acids is 1. The minimum Gasteiger partial charge on any atom is -0.481 e. The molecular weight excluding hydrogens is 400 g/mol. The van der Waals surface area contributed by atoms with Crippen molar-refractivity contribution in [3.05, 3.63) is 36.5 Å². The van der Waals surface area contributed by atoms with Crippen molar-refractivity contribution in [3.8, 4) is 0 Å². The number of rotatable bonds is 22. The fourth-order valence-corrected chi connectivity index (χ4v) is 3.54. The van der Waals surface area contributed by atoms with Crippen LogP contribution in [0.25, 0.3) is 0 Å². The Kier molecular flexibility index (Phi) is 22.4. The lowest BCUT2D eigenvalue weighted by Gasteiger charge is -2.17. The smallest absolute Gasteiger partial charge is 0.306 e. The van der Waals surface area contributed by atoms with Gasteiger partial charge >= 0.3 is 11.9 Å². The summed E-state index contributed by atoms with van der Waals surface area (Å²) in [5, 5.41) is 8.68. The van der Waals surface area contributed by atoms with Gasteiger partial charge in [0, 0.05) is 12.8 Å². The van der Waals surface area contributed by atoms with E-state index in [9.17, 15) is 9.59 Å². The fourth-order valence-electron chi connectivity index (χ4n) is 3.54. The molecule has 4 nitrogen and oxygen atoms in total. The first-order chi connectivity index (χ1) is 15.6. The van der Waals surface area contributed by atoms with E-state index in [0.29, 0.717) is 12.8 Å². The van der Waals surface area contributed by atoms with E-state index in [1.54, 1.807) is 0 Å². The first kappa shape index (κ1) is 30.2. The molecule has 0 aromatic heterocycles. The number of allylic oxidation sites excluding steroid dienone is 6. The van der Waals surface area contributed by atoms with Crippen LogP contribution in [0.4, 0.5) is 0 Å². The Morgan fingerprint density at radius 1 is 0.719 bits per heavy atom. The van der Waals surface area contributed by atoms with Gasteiger partial charge in [-0.05, 0) is 64.2 Å². The lowest BCUT2D eigenvalue weighted by atomic mass is 10.1. The van der Waals surface area contributed by atoms with Gasteiger partial charge in [0.05, 0.1) is 0 Å². The number of aliphatic carboxylic acids is 1. The van der Waals surface area contributed by atoms with Crippen molar-refractivity contribution >= 4 is 11.9 Å². The molecule has 32 heavy (non-hydrogen) atoms. The summed E-state index contributed by atoms with van der Waals surface area (Å²) < 4.78 is 5.66. The molecule has 0 aliphatic rings. The van der Waals surface area contributed by atoms with Gasteiger partial charge in [0.1, 0.15) is 6.10 Å². The summed E-state index contributed by atoms with van der Waals surface area (Å²) >= 11 is 0. The summed E-state index contributed by atoms with van der Waals surface area (Å²) in [6.45, 7) is 4.25. The molecule has 0 saturated carbocycles. The Labute approximate surface area is 197 Å². The molecular formula is C28H48O4. The molecule has 0 radical (unpaired) electrons. The Balaban J connectivity index is 3.66. The molecule has 0 heterocycles. The highest BCUT2D eigenvalue weighted by atomic mass is 16.5. The molecule has 1 atom stereocenters. The van der Waals surface area contributed by atoms with Crippen molar-refractivity contribution in [3.63, 3.8) is 0 Å². The molecule has 0 fully saturated rings. The van der Waals surface area contributed by atoms with E-state index < -0.39 is 5.97 Å². The van der Waals surface area contributed by atoms with Gasteiger partial charge in [-0.3, -0.25) is 9.59 Å². The van der Waals surface area contributed by atoms with E-state index in [1.165, 1.54) is 19.3 Å². The number of hydrogen-bond acceptors (Lipinski definition) is 3. The van der Waals surface area contributed by atoms with Gasteiger partial charge in [0.25, 0.3) is 0 Å². The molecule has 0 aliphatic heterocycles. The molecule has 0 rings (SSSR count). The Bertz CT molecular complexity index is 534. The molecule has 0 spiro atoms. The van der Waals surface area contributed by atoms with Crippen LogP contribution in [0.1, 0.15) is 123 Å². The van der Waals surface area contributed by atoms with Crippen LogP contribution in [0.2, 0.25) is 0 Å². The summed E-state index contributed by atoms with van der Waals surface area (Å²) in [6.07, 6.45) is 29.2. The number of ether oxygens (including phenoxy) is 1. The third-order valence-electron chi connectivity index (χ3n) is 5.36. The topological polar surface area (TPSA) is 63.6 Å². The summed E-state index contributed by atoms with van der Waals surface area (Å²) in [6, 6.07) is 0. The van der Waals surface area contributed by atoms with Crippen LogP contribution in [0.15, 0.2) is 36.5 Å². The first-order valence-electron chi connectivity index (χ1n) is 13.0. The summed E-state index contributed by atoms with van der Waals surface area (Å²) in [7, 11) is 0. The lowest BCUT2D eigenvalue weighted by molar-refractivity contribution is -0.150. The predicted molar refractivity (Wildman–Crippen MR) is 135 cm³/mol. The van der Waals surface area contributed by atoms with E-state index in [1.807, 2.05) is 0 Å². The number of carbonyl (C=O) groups excluding carboxylic acids is 1. The average molecular weight is 449 g/mol. The molecule has 1 unspecified atom stereocenters. The molecule has 1 N–H and O–H groups in total. The van der Waals surface area contributed by atoms with Crippen LogP contribution >= 0.6 is 0 Å². The van der Waals surface area contributed by atoms with E-state index in [2.05, 4.69) is 50.3 Å². The first-order valence-corrected chi connectivity index (χ1v) is 13.0. The zero-order valence-corrected chi connectivity index (χ0v) is 20.7. The summed E-state index contributed by atoms with van der Waals surface area (Å²) in [4.78, 5) is 22.7. The van der Waals surface area contributed by atoms with Crippen molar-refractivity contribution in [2.45, 2.75) is 129 Å². The van der Waals surface area contributed by atoms with E-state index in [4.69, 9.17) is 9.84 Å². The van der Waals surface area contributed by atoms with Crippen LogP contribution < -0.4 is 0 Å². The number of esters is 1. The molecule has 0 amide bonds. The Hall–Kier alpha value is -1.84. The predicted octanol–water partition coefficient (Wildman–Crippen LogP) is 8.32. The maximum Gasteiger partial charge on any atom is 0.306 e. The summed E-state index contributed by atoms with van der Waals surface area (Å²) in [5.41, 5.74) is 0. The molecule has 0 aromatic carbocycles. The third kappa shape index (κ3) is 22.8. The van der Waals surface area contributed by atoms with Crippen molar-refractivity contribution < 1.29 is 19.4 Å². The van der Waals surface area contributed by atoms with Gasteiger partial charge in [-0.2, -0.15) is 0 Å². The Morgan fingerprint density at radius 2 is 1.31 bits per heavy atom. The lowest BCUT2D eigenvalue weighted by Crippen LogP contribution is -2.18. The monoisotopic (exact) mass is 448 g/mol. The highest BCUT2D eigenvalue weighted by Gasteiger charge is 2.13. The van der Waals surface area contributed by atoms with Gasteiger partial charge < -0.3 is 9.84 Å². The van der Waals surface area contributed by atoms with Crippen molar-refractivity contribution in [2.75, 3.05) is 0 Å². The second-order valence-electron chi connectivity index (χ2n) is 8.49. The second kappa shape index (κ2) is 23.8. The second-order valence-corrected chi connectivity index (χ2v) is 8.49. The van der Waals surface area contributed by atoms with Crippen LogP contribution in [0.5, 0.6) is 0 Å². The van der Waals surface area contributed by atoms with Gasteiger partial charge in [-0.25, -0.2) is 0 Å². The zero-order valence-electron chi connectivity index (χ0n) is 20.7. The zero-order chi connectivity index (χ0) is 23.7. The van der Waals surface area contributed by atoms with Crippen molar-refractivity contribution in [1.82, 2.24) is 0 Å². The van der Waals surface area contributed by atoms with E-state index in [-0.39, 0.29) is 18.5 Å². The van der Waals surface area contributed by atoms with Crippen LogP contribution in [0, 0.1) is 0 Å². The highest BCUT2D eigenvalue weighted by Crippen LogP contribution is 2.15. The van der Waals surface area contributed by atoms with Crippen molar-refractivity contribution in [1.29, 1.82) is 0 Å². The summed E-state index contributed by atoms with van der Waals surface area (Å²) in [5.74, 6) is -0.813.